The minimum Gasteiger partial charge on any atom is -0.368 e. The topological polar surface area (TPSA) is 26.8 Å². The first kappa shape index (κ1) is 19.0. The summed E-state index contributed by atoms with van der Waals surface area (Å²) in [7, 11) is 1.98. The van der Waals surface area contributed by atoms with Gasteiger partial charge in [0.1, 0.15) is 5.82 Å². The molecule has 148 valence electrons. The molecule has 1 aliphatic heterocycles. The molecular weight excluding hydrogens is 365 g/mol. The van der Waals surface area contributed by atoms with Crippen LogP contribution in [0.25, 0.3) is 0 Å². The molecular formula is C24H24FN3O. The number of benzene rings is 3. The van der Waals surface area contributed by atoms with E-state index < -0.39 is 0 Å². The Morgan fingerprint density at radius 2 is 1.45 bits per heavy atom. The predicted octanol–water partition coefficient (Wildman–Crippen LogP) is 4.56. The average molecular weight is 389 g/mol. The van der Waals surface area contributed by atoms with Gasteiger partial charge >= 0.3 is 0 Å². The lowest BCUT2D eigenvalue weighted by Gasteiger charge is -2.36. The Kier molecular flexibility index (Phi) is 5.47. The van der Waals surface area contributed by atoms with Crippen LogP contribution >= 0.6 is 0 Å². The summed E-state index contributed by atoms with van der Waals surface area (Å²) in [6.45, 7) is 2.74. The summed E-state index contributed by atoms with van der Waals surface area (Å²) in [5, 5.41) is 0. The van der Waals surface area contributed by atoms with Crippen molar-refractivity contribution in [2.75, 3.05) is 43.0 Å². The number of anilines is 3. The monoisotopic (exact) mass is 389 g/mol. The highest BCUT2D eigenvalue weighted by Crippen LogP contribution is 2.28. The number of carbonyl (C=O) groups excluding carboxylic acids is 1. The summed E-state index contributed by atoms with van der Waals surface area (Å²) in [6, 6.07) is 24.3. The molecule has 0 bridgehead atoms. The van der Waals surface area contributed by atoms with Crippen molar-refractivity contribution in [3.8, 4) is 0 Å². The number of carbonyl (C=O) groups is 1. The van der Waals surface area contributed by atoms with Crippen LogP contribution in [0.2, 0.25) is 0 Å². The van der Waals surface area contributed by atoms with Gasteiger partial charge in [0.2, 0.25) is 0 Å². The van der Waals surface area contributed by atoms with Gasteiger partial charge in [-0.2, -0.15) is 0 Å². The molecule has 3 aromatic carbocycles. The molecule has 0 unspecified atom stereocenters. The number of rotatable bonds is 4. The van der Waals surface area contributed by atoms with Gasteiger partial charge in [0.25, 0.3) is 5.91 Å². The number of hydrogen-bond donors (Lipinski definition) is 0. The minimum atomic E-state index is -0.235. The summed E-state index contributed by atoms with van der Waals surface area (Å²) >= 11 is 0. The molecule has 1 heterocycles. The first-order valence-corrected chi connectivity index (χ1v) is 9.81. The summed E-state index contributed by atoms with van der Waals surface area (Å²) < 4.78 is 13.2. The van der Waals surface area contributed by atoms with Crippen molar-refractivity contribution in [2.45, 2.75) is 0 Å². The molecule has 1 aliphatic rings. The van der Waals surface area contributed by atoms with E-state index in [1.165, 1.54) is 12.1 Å². The lowest BCUT2D eigenvalue weighted by atomic mass is 10.1. The van der Waals surface area contributed by atoms with Crippen molar-refractivity contribution < 1.29 is 9.18 Å². The maximum Gasteiger partial charge on any atom is 0.256 e. The zero-order valence-electron chi connectivity index (χ0n) is 16.5. The second-order valence-corrected chi connectivity index (χ2v) is 7.17. The fourth-order valence-electron chi connectivity index (χ4n) is 3.73. The van der Waals surface area contributed by atoms with Crippen LogP contribution in [0, 0.1) is 5.82 Å². The van der Waals surface area contributed by atoms with Crippen LogP contribution < -0.4 is 9.80 Å². The van der Waals surface area contributed by atoms with Gasteiger partial charge in [0, 0.05) is 44.6 Å². The molecule has 0 saturated carbocycles. The number of para-hydroxylation sites is 2. The molecule has 29 heavy (non-hydrogen) atoms. The molecule has 4 rings (SSSR count). The number of hydrogen-bond acceptors (Lipinski definition) is 3. The van der Waals surface area contributed by atoms with E-state index in [0.29, 0.717) is 18.7 Å². The Morgan fingerprint density at radius 3 is 2.14 bits per heavy atom. The average Bonchev–Trinajstić information content (AvgIpc) is 2.79. The third-order valence-electron chi connectivity index (χ3n) is 5.40. The van der Waals surface area contributed by atoms with Crippen LogP contribution in [0.5, 0.6) is 0 Å². The second-order valence-electron chi connectivity index (χ2n) is 7.17. The number of piperazine rings is 1. The molecule has 0 aliphatic carbocycles. The van der Waals surface area contributed by atoms with Crippen LogP contribution in [-0.4, -0.2) is 44.0 Å². The molecule has 0 atom stereocenters. The highest BCUT2D eigenvalue weighted by Gasteiger charge is 2.25. The van der Waals surface area contributed by atoms with Gasteiger partial charge in [-0.25, -0.2) is 4.39 Å². The van der Waals surface area contributed by atoms with Gasteiger partial charge in [0.15, 0.2) is 0 Å². The highest BCUT2D eigenvalue weighted by atomic mass is 19.1. The number of nitrogens with zero attached hydrogens (tertiary/aromatic N) is 3. The van der Waals surface area contributed by atoms with Crippen molar-refractivity contribution in [2.24, 2.45) is 0 Å². The lowest BCUT2D eigenvalue weighted by Crippen LogP contribution is -2.49. The first-order valence-electron chi connectivity index (χ1n) is 9.81. The Hall–Kier alpha value is -3.34. The maximum absolute atomic E-state index is 13.3. The van der Waals surface area contributed by atoms with Crippen molar-refractivity contribution in [1.29, 1.82) is 0 Å². The zero-order valence-corrected chi connectivity index (χ0v) is 16.5. The standard InChI is InChI=1S/C24H24FN3O/c1-26(20-7-3-2-4-8-20)23-10-6-5-9-22(23)24(29)28-17-15-27(16-18-28)21-13-11-19(25)12-14-21/h2-14H,15-18H2,1H3. The van der Waals surface area contributed by atoms with Crippen LogP contribution in [0.15, 0.2) is 78.9 Å². The van der Waals surface area contributed by atoms with Crippen molar-refractivity contribution in [3.63, 3.8) is 0 Å². The van der Waals surface area contributed by atoms with Crippen LogP contribution in [0.1, 0.15) is 10.4 Å². The first-order chi connectivity index (χ1) is 14.1. The van der Waals surface area contributed by atoms with E-state index in [2.05, 4.69) is 4.90 Å². The molecule has 0 N–H and O–H groups in total. The van der Waals surface area contributed by atoms with E-state index in [1.54, 1.807) is 12.1 Å². The van der Waals surface area contributed by atoms with E-state index in [-0.39, 0.29) is 11.7 Å². The molecule has 0 aromatic heterocycles. The largest absolute Gasteiger partial charge is 0.368 e. The Labute approximate surface area is 170 Å². The maximum atomic E-state index is 13.3. The van der Waals surface area contributed by atoms with Gasteiger partial charge in [-0.1, -0.05) is 30.3 Å². The fraction of sp³-hybridized carbons (Fsp3) is 0.208. The molecule has 4 nitrogen and oxygen atoms in total. The summed E-state index contributed by atoms with van der Waals surface area (Å²) in [6.07, 6.45) is 0. The molecule has 5 heteroatoms. The summed E-state index contributed by atoms with van der Waals surface area (Å²) in [5.41, 5.74) is 3.62. The number of halogens is 1. The number of amides is 1. The van der Waals surface area contributed by atoms with E-state index in [4.69, 9.17) is 0 Å². The zero-order chi connectivity index (χ0) is 20.2. The van der Waals surface area contributed by atoms with Crippen molar-refractivity contribution >= 4 is 23.0 Å². The van der Waals surface area contributed by atoms with Gasteiger partial charge in [0.05, 0.1) is 11.3 Å². The van der Waals surface area contributed by atoms with Crippen LogP contribution in [0.3, 0.4) is 0 Å². The Bertz CT molecular complexity index is 967. The minimum absolute atomic E-state index is 0.0436. The summed E-state index contributed by atoms with van der Waals surface area (Å²) in [5.74, 6) is -0.191. The Morgan fingerprint density at radius 1 is 0.828 bits per heavy atom. The smallest absolute Gasteiger partial charge is 0.256 e. The molecule has 1 fully saturated rings. The lowest BCUT2D eigenvalue weighted by molar-refractivity contribution is 0.0747. The van der Waals surface area contributed by atoms with E-state index in [1.807, 2.05) is 71.4 Å². The third-order valence-corrected chi connectivity index (χ3v) is 5.40. The van der Waals surface area contributed by atoms with Gasteiger partial charge in [-0.05, 0) is 48.5 Å². The van der Waals surface area contributed by atoms with Gasteiger partial charge in [-0.3, -0.25) is 4.79 Å². The fourth-order valence-corrected chi connectivity index (χ4v) is 3.73. The normalized spacial score (nSPS) is 14.0. The summed E-state index contributed by atoms with van der Waals surface area (Å²) in [4.78, 5) is 19.4. The molecule has 1 saturated heterocycles. The van der Waals surface area contributed by atoms with Gasteiger partial charge in [-0.15, -0.1) is 0 Å². The quantitative estimate of drug-likeness (QED) is 0.655. The van der Waals surface area contributed by atoms with E-state index >= 15 is 0 Å². The SMILES string of the molecule is CN(c1ccccc1)c1ccccc1C(=O)N1CCN(c2ccc(F)cc2)CC1. The Balaban J connectivity index is 1.49. The van der Waals surface area contributed by atoms with Crippen molar-refractivity contribution in [1.82, 2.24) is 4.90 Å². The van der Waals surface area contributed by atoms with E-state index in [0.717, 1.165) is 30.2 Å². The molecule has 1 amide bonds. The molecule has 0 spiro atoms. The van der Waals surface area contributed by atoms with Crippen LogP contribution in [0.4, 0.5) is 21.5 Å². The molecule has 0 radical (unpaired) electrons. The molecule has 3 aromatic rings. The predicted molar refractivity (Wildman–Crippen MR) is 115 cm³/mol. The second kappa shape index (κ2) is 8.35. The highest BCUT2D eigenvalue weighted by molar-refractivity contribution is 6.00. The van der Waals surface area contributed by atoms with Gasteiger partial charge < -0.3 is 14.7 Å². The van der Waals surface area contributed by atoms with Crippen LogP contribution in [-0.2, 0) is 0 Å². The third kappa shape index (κ3) is 4.09. The van der Waals surface area contributed by atoms with E-state index in [9.17, 15) is 9.18 Å². The van der Waals surface area contributed by atoms with Crippen molar-refractivity contribution in [3.05, 3.63) is 90.2 Å².